The first-order chi connectivity index (χ1) is 8.58. The molecule has 0 spiro atoms. The smallest absolute Gasteiger partial charge is 0.314 e. The van der Waals surface area contributed by atoms with Crippen LogP contribution in [0.3, 0.4) is 0 Å². The van der Waals surface area contributed by atoms with Crippen LogP contribution in [0.4, 0.5) is 0 Å². The number of carboxylic acids is 1. The summed E-state index contributed by atoms with van der Waals surface area (Å²) in [6.07, 6.45) is 1.37. The molecule has 0 aliphatic carbocycles. The number of halogens is 1. The highest BCUT2D eigenvalue weighted by atomic mass is 79.9. The zero-order valence-electron chi connectivity index (χ0n) is 10.5. The number of benzene rings is 1. The lowest BCUT2D eigenvalue weighted by Crippen LogP contribution is -2.47. The zero-order chi connectivity index (χ0) is 13.2. The van der Waals surface area contributed by atoms with Gasteiger partial charge in [0, 0.05) is 4.47 Å². The van der Waals surface area contributed by atoms with E-state index in [-0.39, 0.29) is 0 Å². The fourth-order valence-corrected chi connectivity index (χ4v) is 3.06. The van der Waals surface area contributed by atoms with Gasteiger partial charge in [-0.25, -0.2) is 0 Å². The predicted octanol–water partition coefficient (Wildman–Crippen LogP) is 2.89. The Bertz CT molecular complexity index is 439. The number of hydrogen-bond acceptors (Lipinski definition) is 2. The van der Waals surface area contributed by atoms with E-state index in [1.54, 1.807) is 0 Å². The van der Waals surface area contributed by atoms with Crippen LogP contribution in [0.5, 0.6) is 0 Å². The number of aliphatic carboxylic acids is 1. The van der Waals surface area contributed by atoms with E-state index < -0.39 is 11.4 Å². The van der Waals surface area contributed by atoms with E-state index in [4.69, 9.17) is 0 Å². The zero-order valence-corrected chi connectivity index (χ0v) is 12.1. The minimum absolute atomic E-state index is 0.687. The van der Waals surface area contributed by atoms with Crippen molar-refractivity contribution >= 4 is 21.9 Å². The Morgan fingerprint density at radius 2 is 2.11 bits per heavy atom. The van der Waals surface area contributed by atoms with Crippen molar-refractivity contribution in [2.45, 2.75) is 25.2 Å². The molecule has 98 valence electrons. The van der Waals surface area contributed by atoms with E-state index in [2.05, 4.69) is 27.8 Å². The Morgan fingerprint density at radius 1 is 1.44 bits per heavy atom. The minimum Gasteiger partial charge on any atom is -0.481 e. The molecule has 1 N–H and O–H groups in total. The van der Waals surface area contributed by atoms with Crippen LogP contribution in [0.1, 0.15) is 25.3 Å². The molecule has 0 bridgehead atoms. The van der Waals surface area contributed by atoms with Crippen molar-refractivity contribution in [3.05, 3.63) is 34.3 Å². The van der Waals surface area contributed by atoms with Crippen molar-refractivity contribution in [2.75, 3.05) is 19.6 Å². The fraction of sp³-hybridized carbons (Fsp3) is 0.500. The van der Waals surface area contributed by atoms with Gasteiger partial charge in [-0.05, 0) is 50.2 Å². The molecular formula is C14H18BrNO2. The lowest BCUT2D eigenvalue weighted by atomic mass is 9.73. The van der Waals surface area contributed by atoms with Crippen molar-refractivity contribution in [1.29, 1.82) is 0 Å². The van der Waals surface area contributed by atoms with Gasteiger partial charge in [0.05, 0.1) is 5.41 Å². The molecule has 1 aliphatic rings. The van der Waals surface area contributed by atoms with E-state index in [9.17, 15) is 9.90 Å². The van der Waals surface area contributed by atoms with Gasteiger partial charge >= 0.3 is 5.97 Å². The number of likely N-dealkylation sites (tertiary alicyclic amines) is 1. The van der Waals surface area contributed by atoms with Crippen LogP contribution < -0.4 is 0 Å². The first-order valence-corrected chi connectivity index (χ1v) is 7.09. The highest BCUT2D eigenvalue weighted by molar-refractivity contribution is 9.10. The molecule has 1 fully saturated rings. The molecule has 0 radical (unpaired) electrons. The van der Waals surface area contributed by atoms with Gasteiger partial charge in [0.25, 0.3) is 0 Å². The van der Waals surface area contributed by atoms with Crippen LogP contribution in [0, 0.1) is 0 Å². The average Bonchev–Trinajstić information content (AvgIpc) is 2.38. The topological polar surface area (TPSA) is 40.5 Å². The second-order valence-corrected chi connectivity index (χ2v) is 5.75. The van der Waals surface area contributed by atoms with Crippen LogP contribution in [0.15, 0.2) is 28.7 Å². The number of piperidine rings is 1. The van der Waals surface area contributed by atoms with Gasteiger partial charge in [-0.2, -0.15) is 0 Å². The van der Waals surface area contributed by atoms with Crippen molar-refractivity contribution < 1.29 is 9.90 Å². The summed E-state index contributed by atoms with van der Waals surface area (Å²) in [7, 11) is 0. The van der Waals surface area contributed by atoms with E-state index in [1.165, 1.54) is 0 Å². The quantitative estimate of drug-likeness (QED) is 0.933. The van der Waals surface area contributed by atoms with Crippen molar-refractivity contribution in [3.63, 3.8) is 0 Å². The van der Waals surface area contributed by atoms with Gasteiger partial charge in [0.2, 0.25) is 0 Å². The van der Waals surface area contributed by atoms with Crippen molar-refractivity contribution in [2.24, 2.45) is 0 Å². The molecule has 1 aromatic rings. The van der Waals surface area contributed by atoms with Crippen LogP contribution in [-0.4, -0.2) is 35.6 Å². The normalized spacial score (nSPS) is 19.7. The summed E-state index contributed by atoms with van der Waals surface area (Å²) >= 11 is 3.42. The molecule has 0 aromatic heterocycles. The molecule has 0 atom stereocenters. The molecule has 1 heterocycles. The number of nitrogens with zero attached hydrogens (tertiary/aromatic N) is 1. The molecule has 0 amide bonds. The van der Waals surface area contributed by atoms with E-state index in [0.29, 0.717) is 12.8 Å². The van der Waals surface area contributed by atoms with Crippen LogP contribution in [0.2, 0.25) is 0 Å². The maximum absolute atomic E-state index is 11.7. The summed E-state index contributed by atoms with van der Waals surface area (Å²) in [5.74, 6) is -0.698. The molecule has 0 saturated carbocycles. The predicted molar refractivity (Wildman–Crippen MR) is 74.8 cm³/mol. The van der Waals surface area contributed by atoms with Gasteiger partial charge in [-0.1, -0.05) is 35.0 Å². The first-order valence-electron chi connectivity index (χ1n) is 6.30. The molecule has 4 heteroatoms. The highest BCUT2D eigenvalue weighted by Gasteiger charge is 2.42. The van der Waals surface area contributed by atoms with E-state index >= 15 is 0 Å². The third kappa shape index (κ3) is 2.45. The summed E-state index contributed by atoms with van der Waals surface area (Å²) in [6, 6.07) is 7.72. The standard InChI is InChI=1S/C14H18BrNO2/c1-2-16-8-6-14(7-9-16,13(17)18)11-4-3-5-12(15)10-11/h3-5,10H,2,6-9H2,1H3,(H,17,18). The maximum Gasteiger partial charge on any atom is 0.314 e. The molecule has 0 unspecified atom stereocenters. The second kappa shape index (κ2) is 5.41. The maximum atomic E-state index is 11.7. The lowest BCUT2D eigenvalue weighted by molar-refractivity contribution is -0.146. The average molecular weight is 312 g/mol. The molecule has 3 nitrogen and oxygen atoms in total. The number of carbonyl (C=O) groups is 1. The Labute approximate surface area is 116 Å². The molecule has 18 heavy (non-hydrogen) atoms. The first kappa shape index (κ1) is 13.6. The summed E-state index contributed by atoms with van der Waals surface area (Å²) in [4.78, 5) is 14.1. The van der Waals surface area contributed by atoms with Crippen LogP contribution in [-0.2, 0) is 10.2 Å². The third-order valence-corrected chi connectivity index (χ3v) is 4.44. The van der Waals surface area contributed by atoms with E-state index in [1.807, 2.05) is 24.3 Å². The Morgan fingerprint density at radius 3 is 2.61 bits per heavy atom. The summed E-state index contributed by atoms with van der Waals surface area (Å²) in [5.41, 5.74) is 0.204. The largest absolute Gasteiger partial charge is 0.481 e. The van der Waals surface area contributed by atoms with Gasteiger partial charge in [-0.15, -0.1) is 0 Å². The molecule has 1 saturated heterocycles. The molecule has 2 rings (SSSR count). The summed E-state index contributed by atoms with van der Waals surface area (Å²) < 4.78 is 0.943. The second-order valence-electron chi connectivity index (χ2n) is 4.83. The Kier molecular flexibility index (Phi) is 4.07. The third-order valence-electron chi connectivity index (χ3n) is 3.94. The minimum atomic E-state index is -0.713. The van der Waals surface area contributed by atoms with Crippen molar-refractivity contribution in [3.8, 4) is 0 Å². The van der Waals surface area contributed by atoms with Gasteiger partial charge < -0.3 is 10.0 Å². The Hall–Kier alpha value is -0.870. The lowest BCUT2D eigenvalue weighted by Gasteiger charge is -2.38. The van der Waals surface area contributed by atoms with Crippen LogP contribution >= 0.6 is 15.9 Å². The SMILES string of the molecule is CCN1CCC(C(=O)O)(c2cccc(Br)c2)CC1. The summed E-state index contributed by atoms with van der Waals surface area (Å²) in [6.45, 7) is 4.83. The van der Waals surface area contributed by atoms with Crippen molar-refractivity contribution in [1.82, 2.24) is 4.90 Å². The van der Waals surface area contributed by atoms with Gasteiger partial charge in [0.1, 0.15) is 0 Å². The molecule has 1 aromatic carbocycles. The fourth-order valence-electron chi connectivity index (χ4n) is 2.66. The highest BCUT2D eigenvalue weighted by Crippen LogP contribution is 2.36. The number of carboxylic acid groups (broad SMARTS) is 1. The van der Waals surface area contributed by atoms with Crippen LogP contribution in [0.25, 0.3) is 0 Å². The summed E-state index contributed by atoms with van der Waals surface area (Å²) in [5, 5.41) is 9.66. The van der Waals surface area contributed by atoms with Gasteiger partial charge in [0.15, 0.2) is 0 Å². The molecular weight excluding hydrogens is 294 g/mol. The molecule has 1 aliphatic heterocycles. The number of hydrogen-bond donors (Lipinski definition) is 1. The van der Waals surface area contributed by atoms with E-state index in [0.717, 1.165) is 29.7 Å². The Balaban J connectivity index is 2.32. The van der Waals surface area contributed by atoms with Gasteiger partial charge in [-0.3, -0.25) is 4.79 Å². The monoisotopic (exact) mass is 311 g/mol. The number of rotatable bonds is 3.